The molecule has 4 rings (SSSR count). The molecular formula is C22H17N3O5. The highest BCUT2D eigenvalue weighted by atomic mass is 16.6. The van der Waals surface area contributed by atoms with Crippen LogP contribution >= 0.6 is 0 Å². The van der Waals surface area contributed by atoms with E-state index in [9.17, 15) is 14.9 Å². The third-order valence-electron chi connectivity index (χ3n) is 4.44. The van der Waals surface area contributed by atoms with E-state index >= 15 is 0 Å². The summed E-state index contributed by atoms with van der Waals surface area (Å²) in [4.78, 5) is 22.2. The van der Waals surface area contributed by atoms with Crippen LogP contribution in [0.4, 0.5) is 5.69 Å². The molecule has 0 saturated carbocycles. The highest BCUT2D eigenvalue weighted by molar-refractivity contribution is 5.90. The highest BCUT2D eigenvalue weighted by Gasteiger charge is 2.15. The number of benzene rings is 3. The molecule has 0 radical (unpaired) electrons. The van der Waals surface area contributed by atoms with Crippen molar-refractivity contribution in [1.29, 1.82) is 0 Å². The van der Waals surface area contributed by atoms with Gasteiger partial charge in [0.1, 0.15) is 5.75 Å². The zero-order valence-corrected chi connectivity index (χ0v) is 16.0. The smallest absolute Gasteiger partial charge is 0.338 e. The average Bonchev–Trinajstić information content (AvgIpc) is 3.13. The topological polar surface area (TPSA) is 96.5 Å². The quantitative estimate of drug-likeness (QED) is 0.258. The predicted molar refractivity (Wildman–Crippen MR) is 110 cm³/mol. The molecule has 8 heteroatoms. The van der Waals surface area contributed by atoms with E-state index in [4.69, 9.17) is 9.47 Å². The van der Waals surface area contributed by atoms with Crippen molar-refractivity contribution < 1.29 is 19.2 Å². The molecule has 3 aromatic carbocycles. The van der Waals surface area contributed by atoms with Gasteiger partial charge in [-0.05, 0) is 55.5 Å². The minimum absolute atomic E-state index is 0.0144. The molecule has 1 heterocycles. The number of ether oxygens (including phenoxy) is 2. The van der Waals surface area contributed by atoms with Crippen molar-refractivity contribution in [3.63, 3.8) is 0 Å². The summed E-state index contributed by atoms with van der Waals surface area (Å²) >= 11 is 0. The number of para-hydroxylation sites is 1. The van der Waals surface area contributed by atoms with Crippen LogP contribution < -0.4 is 4.74 Å². The maximum atomic E-state index is 11.9. The number of aromatic nitrogens is 2. The maximum Gasteiger partial charge on any atom is 0.338 e. The van der Waals surface area contributed by atoms with Crippen LogP contribution in [0.25, 0.3) is 16.6 Å². The molecule has 0 aliphatic rings. The zero-order valence-electron chi connectivity index (χ0n) is 16.0. The lowest BCUT2D eigenvalue weighted by Crippen LogP contribution is -2.05. The van der Waals surface area contributed by atoms with Gasteiger partial charge in [-0.25, -0.2) is 9.48 Å². The summed E-state index contributed by atoms with van der Waals surface area (Å²) in [6.45, 7) is 2.07. The van der Waals surface area contributed by atoms with Crippen molar-refractivity contribution in [3.05, 3.63) is 88.5 Å². The van der Waals surface area contributed by atoms with Crippen molar-refractivity contribution >= 4 is 22.6 Å². The molecule has 150 valence electrons. The Labute approximate surface area is 171 Å². The molecule has 0 aliphatic heterocycles. The second-order valence-electron chi connectivity index (χ2n) is 6.35. The molecule has 4 aromatic rings. The summed E-state index contributed by atoms with van der Waals surface area (Å²) in [5.74, 6) is 0.430. The van der Waals surface area contributed by atoms with Crippen LogP contribution in [0.15, 0.2) is 72.8 Å². The van der Waals surface area contributed by atoms with Crippen LogP contribution in [-0.4, -0.2) is 27.3 Å². The summed E-state index contributed by atoms with van der Waals surface area (Å²) in [6.07, 6.45) is 0. The summed E-state index contributed by atoms with van der Waals surface area (Å²) < 4.78 is 12.6. The van der Waals surface area contributed by atoms with Crippen LogP contribution in [0.5, 0.6) is 11.6 Å². The Morgan fingerprint density at radius 1 is 1.03 bits per heavy atom. The minimum atomic E-state index is -0.464. The van der Waals surface area contributed by atoms with E-state index in [2.05, 4.69) is 5.10 Å². The monoisotopic (exact) mass is 403 g/mol. The molecule has 0 unspecified atom stereocenters. The van der Waals surface area contributed by atoms with Gasteiger partial charge in [-0.3, -0.25) is 10.1 Å². The Balaban J connectivity index is 1.68. The van der Waals surface area contributed by atoms with Gasteiger partial charge in [-0.15, -0.1) is 5.10 Å². The normalized spacial score (nSPS) is 10.7. The van der Waals surface area contributed by atoms with E-state index in [1.165, 1.54) is 24.3 Å². The maximum absolute atomic E-state index is 11.9. The van der Waals surface area contributed by atoms with Crippen LogP contribution in [-0.2, 0) is 4.74 Å². The van der Waals surface area contributed by atoms with Gasteiger partial charge in [-0.2, -0.15) is 0 Å². The molecule has 1 aromatic heterocycles. The van der Waals surface area contributed by atoms with Gasteiger partial charge < -0.3 is 9.47 Å². The van der Waals surface area contributed by atoms with Gasteiger partial charge in [0.05, 0.1) is 33.7 Å². The molecule has 0 fully saturated rings. The fourth-order valence-electron chi connectivity index (χ4n) is 3.01. The molecule has 0 bridgehead atoms. The van der Waals surface area contributed by atoms with Crippen molar-refractivity contribution in [1.82, 2.24) is 9.78 Å². The number of carbonyl (C=O) groups excluding carboxylic acids is 1. The number of hydrogen-bond acceptors (Lipinski definition) is 6. The van der Waals surface area contributed by atoms with Gasteiger partial charge >= 0.3 is 5.97 Å². The van der Waals surface area contributed by atoms with E-state index in [0.29, 0.717) is 23.8 Å². The van der Waals surface area contributed by atoms with E-state index in [0.717, 1.165) is 16.6 Å². The number of rotatable bonds is 6. The molecule has 30 heavy (non-hydrogen) atoms. The molecule has 0 spiro atoms. The molecule has 8 nitrogen and oxygen atoms in total. The Bertz CT molecular complexity index is 1210. The first-order valence-electron chi connectivity index (χ1n) is 9.24. The molecule has 0 atom stereocenters. The van der Waals surface area contributed by atoms with E-state index < -0.39 is 4.92 Å². The summed E-state index contributed by atoms with van der Waals surface area (Å²) in [6, 6.07) is 20.3. The first-order valence-corrected chi connectivity index (χ1v) is 9.24. The third kappa shape index (κ3) is 3.70. The van der Waals surface area contributed by atoms with Crippen molar-refractivity contribution in [3.8, 4) is 17.3 Å². The molecule has 0 saturated heterocycles. The number of nitro groups is 1. The van der Waals surface area contributed by atoms with E-state index in [1.54, 1.807) is 35.9 Å². The van der Waals surface area contributed by atoms with Crippen LogP contribution in [0, 0.1) is 10.1 Å². The Morgan fingerprint density at radius 3 is 2.40 bits per heavy atom. The lowest BCUT2D eigenvalue weighted by atomic mass is 10.2. The minimum Gasteiger partial charge on any atom is -0.462 e. The van der Waals surface area contributed by atoms with Gasteiger partial charge in [0.2, 0.25) is 5.88 Å². The lowest BCUT2D eigenvalue weighted by Gasteiger charge is -2.05. The average molecular weight is 403 g/mol. The van der Waals surface area contributed by atoms with Crippen molar-refractivity contribution in [2.24, 2.45) is 0 Å². The van der Waals surface area contributed by atoms with Crippen molar-refractivity contribution in [2.45, 2.75) is 6.92 Å². The number of hydrogen-bond donors (Lipinski definition) is 0. The summed E-state index contributed by atoms with van der Waals surface area (Å²) in [5, 5.41) is 16.2. The standard InChI is InChI=1S/C22H17N3O5/c1-2-29-22(26)15-7-9-16(10-8-15)24-20-6-4-3-5-19(20)21(23-24)30-18-13-11-17(12-14-18)25(27)28/h3-14H,2H2,1H3. The SMILES string of the molecule is CCOC(=O)c1ccc(-n2nc(Oc3ccc([N+](=O)[O-])cc3)c3ccccc32)cc1. The third-order valence-corrected chi connectivity index (χ3v) is 4.44. The Kier molecular flexibility index (Phi) is 5.13. The summed E-state index contributed by atoms with van der Waals surface area (Å²) in [7, 11) is 0. The zero-order chi connectivity index (χ0) is 21.1. The number of nitro benzene ring substituents is 1. The number of nitrogens with zero attached hydrogens (tertiary/aromatic N) is 3. The fraction of sp³-hybridized carbons (Fsp3) is 0.0909. The van der Waals surface area contributed by atoms with Crippen molar-refractivity contribution in [2.75, 3.05) is 6.61 Å². The second-order valence-corrected chi connectivity index (χ2v) is 6.35. The van der Waals surface area contributed by atoms with Gasteiger partial charge in [0.15, 0.2) is 0 Å². The lowest BCUT2D eigenvalue weighted by molar-refractivity contribution is -0.384. The van der Waals surface area contributed by atoms with Crippen LogP contribution in [0.1, 0.15) is 17.3 Å². The fourth-order valence-corrected chi connectivity index (χ4v) is 3.01. The van der Waals surface area contributed by atoms with Gasteiger partial charge in [0.25, 0.3) is 5.69 Å². The number of fused-ring (bicyclic) bond motifs is 1. The predicted octanol–water partition coefficient (Wildman–Crippen LogP) is 4.90. The van der Waals surface area contributed by atoms with Crippen LogP contribution in [0.2, 0.25) is 0 Å². The van der Waals surface area contributed by atoms with Crippen LogP contribution in [0.3, 0.4) is 0 Å². The number of esters is 1. The Hall–Kier alpha value is -4.20. The van der Waals surface area contributed by atoms with Gasteiger partial charge in [-0.1, -0.05) is 12.1 Å². The number of carbonyl (C=O) groups is 1. The first-order chi connectivity index (χ1) is 14.6. The van der Waals surface area contributed by atoms with Gasteiger partial charge in [0, 0.05) is 12.1 Å². The highest BCUT2D eigenvalue weighted by Crippen LogP contribution is 2.31. The largest absolute Gasteiger partial charge is 0.462 e. The first kappa shape index (κ1) is 19.1. The Morgan fingerprint density at radius 2 is 1.73 bits per heavy atom. The number of non-ortho nitro benzene ring substituents is 1. The van der Waals surface area contributed by atoms with E-state index in [-0.39, 0.29) is 11.7 Å². The van der Waals surface area contributed by atoms with E-state index in [1.807, 2.05) is 24.3 Å². The molecule has 0 N–H and O–H groups in total. The molecular weight excluding hydrogens is 386 g/mol. The molecule has 0 aliphatic carbocycles. The molecule has 0 amide bonds. The second kappa shape index (κ2) is 8.04. The summed E-state index contributed by atoms with van der Waals surface area (Å²) in [5.41, 5.74) is 2.01.